The van der Waals surface area contributed by atoms with Gasteiger partial charge in [0.25, 0.3) is 0 Å². The fourth-order valence-electron chi connectivity index (χ4n) is 2.36. The number of aliphatic imine (C=N–C) groups is 2. The molecule has 0 aliphatic carbocycles. The van der Waals surface area contributed by atoms with Gasteiger partial charge in [-0.15, -0.1) is 11.8 Å². The number of benzene rings is 1. The molecule has 2 heterocycles. The molecule has 1 unspecified atom stereocenters. The molecule has 3 rings (SSSR count). The van der Waals surface area contributed by atoms with Crippen LogP contribution in [0.25, 0.3) is 0 Å². The van der Waals surface area contributed by atoms with Crippen LogP contribution in [0.3, 0.4) is 0 Å². The Morgan fingerprint density at radius 2 is 1.88 bits per heavy atom. The number of thioether (sulfide) groups is 1. The van der Waals surface area contributed by atoms with Crippen LogP contribution < -0.4 is 4.74 Å². The van der Waals surface area contributed by atoms with Gasteiger partial charge in [-0.2, -0.15) is 13.2 Å². The van der Waals surface area contributed by atoms with Crippen molar-refractivity contribution in [2.24, 2.45) is 9.98 Å². The number of hydrogen-bond donors (Lipinski definition) is 0. The number of nitrogens with zero attached hydrogens (tertiary/aromatic N) is 2. The number of allylic oxidation sites excluding steroid dienone is 1. The second-order valence-corrected chi connectivity index (χ2v) is 7.40. The Morgan fingerprint density at radius 1 is 1.17 bits per heavy atom. The van der Waals surface area contributed by atoms with E-state index in [-0.39, 0.29) is 5.75 Å². The first kappa shape index (κ1) is 17.6. The molecule has 1 atom stereocenters. The second kappa shape index (κ2) is 6.28. The zero-order valence-corrected chi connectivity index (χ0v) is 14.4. The van der Waals surface area contributed by atoms with Crippen LogP contribution in [0.4, 0.5) is 13.2 Å². The first-order valence-corrected chi connectivity index (χ1v) is 8.64. The standard InChI is InChI=1S/C15H11Cl2F3N2OS/c16-14(17,18)15(19,20)23-11-4-2-10(3-5-11)13(6-1-7-22-13)12-21-8-9-24-12/h1-7H,8-9H2. The van der Waals surface area contributed by atoms with Crippen LogP contribution in [0.15, 0.2) is 46.4 Å². The van der Waals surface area contributed by atoms with Crippen LogP contribution in [-0.2, 0) is 5.54 Å². The van der Waals surface area contributed by atoms with E-state index in [9.17, 15) is 13.2 Å². The van der Waals surface area contributed by atoms with Crippen LogP contribution in [0.2, 0.25) is 0 Å². The maximum absolute atomic E-state index is 13.4. The highest BCUT2D eigenvalue weighted by Crippen LogP contribution is 2.42. The van der Waals surface area contributed by atoms with E-state index in [1.165, 1.54) is 12.1 Å². The third-order valence-electron chi connectivity index (χ3n) is 3.48. The number of halogens is 5. The molecule has 2 aliphatic heterocycles. The smallest absolute Gasteiger partial charge is 0.428 e. The lowest BCUT2D eigenvalue weighted by Crippen LogP contribution is -2.40. The molecule has 24 heavy (non-hydrogen) atoms. The SMILES string of the molecule is FC(Cl)(Cl)C(F)(F)Oc1ccc(C2(C3=NCCS3)C=CC=N2)cc1. The largest absolute Gasteiger partial charge is 0.463 e. The molecule has 3 nitrogen and oxygen atoms in total. The van der Waals surface area contributed by atoms with Crippen LogP contribution in [0.1, 0.15) is 5.56 Å². The van der Waals surface area contributed by atoms with Gasteiger partial charge in [-0.1, -0.05) is 35.3 Å². The number of rotatable bonds is 5. The molecule has 128 valence electrons. The number of hydrogen-bond acceptors (Lipinski definition) is 4. The van der Waals surface area contributed by atoms with Crippen molar-refractivity contribution in [1.82, 2.24) is 0 Å². The molecular weight excluding hydrogens is 384 g/mol. The number of ether oxygens (including phenoxy) is 1. The minimum absolute atomic E-state index is 0.269. The Morgan fingerprint density at radius 3 is 2.38 bits per heavy atom. The normalized spacial score (nSPS) is 23.6. The first-order chi connectivity index (χ1) is 11.2. The van der Waals surface area contributed by atoms with Gasteiger partial charge in [0.2, 0.25) is 0 Å². The number of alkyl halides is 5. The molecule has 0 radical (unpaired) electrons. The summed E-state index contributed by atoms with van der Waals surface area (Å²) in [6, 6.07) is 5.71. The van der Waals surface area contributed by atoms with Crippen molar-refractivity contribution < 1.29 is 17.9 Å². The maximum atomic E-state index is 13.4. The Bertz CT molecular complexity index is 702. The monoisotopic (exact) mass is 394 g/mol. The molecule has 0 saturated carbocycles. The summed E-state index contributed by atoms with van der Waals surface area (Å²) in [4.78, 5) is 8.94. The van der Waals surface area contributed by atoms with Crippen LogP contribution >= 0.6 is 35.0 Å². The van der Waals surface area contributed by atoms with Crippen molar-refractivity contribution in [2.75, 3.05) is 12.3 Å². The van der Waals surface area contributed by atoms with Gasteiger partial charge in [-0.3, -0.25) is 9.98 Å². The van der Waals surface area contributed by atoms with Gasteiger partial charge in [0, 0.05) is 18.5 Å². The summed E-state index contributed by atoms with van der Waals surface area (Å²) >= 11 is 11.2. The summed E-state index contributed by atoms with van der Waals surface area (Å²) < 4.78 is 40.3. The van der Waals surface area contributed by atoms with Crippen LogP contribution in [0, 0.1) is 0 Å². The third-order valence-corrected chi connectivity index (χ3v) is 5.02. The lowest BCUT2D eigenvalue weighted by Gasteiger charge is -2.26. The molecular formula is C15H11Cl2F3N2OS. The molecule has 0 saturated heterocycles. The molecule has 1 aromatic carbocycles. The zero-order valence-electron chi connectivity index (χ0n) is 12.1. The lowest BCUT2D eigenvalue weighted by molar-refractivity contribution is -0.211. The van der Waals surface area contributed by atoms with Crippen molar-refractivity contribution in [1.29, 1.82) is 0 Å². The second-order valence-electron chi connectivity index (χ2n) is 5.08. The van der Waals surface area contributed by atoms with Gasteiger partial charge in [0.05, 0.1) is 0 Å². The predicted molar refractivity (Wildman–Crippen MR) is 91.6 cm³/mol. The average Bonchev–Trinajstić information content (AvgIpc) is 3.18. The predicted octanol–water partition coefficient (Wildman–Crippen LogP) is 4.74. The van der Waals surface area contributed by atoms with Crippen molar-refractivity contribution in [3.05, 3.63) is 42.0 Å². The Balaban J connectivity index is 1.87. The fraction of sp³-hybridized carbons (Fsp3) is 0.333. The van der Waals surface area contributed by atoms with E-state index in [2.05, 4.69) is 14.7 Å². The van der Waals surface area contributed by atoms with E-state index >= 15 is 0 Å². The summed E-state index contributed by atoms with van der Waals surface area (Å²) in [6.07, 6.45) is 0.974. The summed E-state index contributed by atoms with van der Waals surface area (Å²) in [5, 5.41) is 0.843. The molecule has 0 spiro atoms. The highest BCUT2D eigenvalue weighted by molar-refractivity contribution is 8.14. The summed E-state index contributed by atoms with van der Waals surface area (Å²) in [5.41, 5.74) is -0.00929. The average molecular weight is 395 g/mol. The summed E-state index contributed by atoms with van der Waals surface area (Å²) in [7, 11) is 0. The zero-order chi connectivity index (χ0) is 17.4. The van der Waals surface area contributed by atoms with E-state index in [4.69, 9.17) is 23.2 Å². The minimum atomic E-state index is -4.38. The first-order valence-electron chi connectivity index (χ1n) is 6.89. The summed E-state index contributed by atoms with van der Waals surface area (Å²) in [6.45, 7) is 0.711. The molecule has 0 amide bonds. The lowest BCUT2D eigenvalue weighted by atomic mass is 9.92. The highest BCUT2D eigenvalue weighted by Gasteiger charge is 2.56. The van der Waals surface area contributed by atoms with Gasteiger partial charge < -0.3 is 4.74 Å². The van der Waals surface area contributed by atoms with Gasteiger partial charge in [0.1, 0.15) is 10.8 Å². The van der Waals surface area contributed by atoms with Gasteiger partial charge >= 0.3 is 10.7 Å². The molecule has 1 aromatic rings. The van der Waals surface area contributed by atoms with Crippen molar-refractivity contribution >= 4 is 46.2 Å². The van der Waals surface area contributed by atoms with E-state index < -0.39 is 16.2 Å². The topological polar surface area (TPSA) is 34.0 Å². The highest BCUT2D eigenvalue weighted by atomic mass is 35.5. The van der Waals surface area contributed by atoms with Gasteiger partial charge in [-0.05, 0) is 29.8 Å². The van der Waals surface area contributed by atoms with Crippen LogP contribution in [0.5, 0.6) is 5.75 Å². The molecule has 2 aliphatic rings. The van der Waals surface area contributed by atoms with E-state index in [0.717, 1.165) is 16.4 Å². The molecule has 0 bridgehead atoms. The fourth-order valence-corrected chi connectivity index (χ4v) is 3.45. The van der Waals surface area contributed by atoms with E-state index in [1.54, 1.807) is 36.2 Å². The minimum Gasteiger partial charge on any atom is -0.428 e. The van der Waals surface area contributed by atoms with Crippen molar-refractivity contribution in [3.8, 4) is 5.75 Å². The Labute approximate surface area is 150 Å². The maximum Gasteiger partial charge on any atom is 0.463 e. The van der Waals surface area contributed by atoms with E-state index in [0.29, 0.717) is 6.54 Å². The summed E-state index contributed by atoms with van der Waals surface area (Å²) in [5.74, 6) is 0.604. The third kappa shape index (κ3) is 3.17. The molecule has 0 fully saturated rings. The quantitative estimate of drug-likeness (QED) is 0.675. The Hall–Kier alpha value is -1.18. The molecule has 0 aromatic heterocycles. The Kier molecular flexibility index (Phi) is 4.61. The van der Waals surface area contributed by atoms with Crippen LogP contribution in [-0.4, -0.2) is 34.3 Å². The van der Waals surface area contributed by atoms with Gasteiger partial charge in [0.15, 0.2) is 5.54 Å². The van der Waals surface area contributed by atoms with Gasteiger partial charge in [-0.25, -0.2) is 0 Å². The molecule has 9 heteroatoms. The van der Waals surface area contributed by atoms with Crippen molar-refractivity contribution in [2.45, 2.75) is 16.2 Å². The van der Waals surface area contributed by atoms with E-state index in [1.807, 2.05) is 6.08 Å². The van der Waals surface area contributed by atoms with Crippen molar-refractivity contribution in [3.63, 3.8) is 0 Å². The molecule has 0 N–H and O–H groups in total.